The SMILES string of the molecule is C1=CC=C(SCCCc2ccccc2)NC=C1. The van der Waals surface area contributed by atoms with Crippen molar-refractivity contribution in [2.24, 2.45) is 0 Å². The van der Waals surface area contributed by atoms with E-state index in [4.69, 9.17) is 0 Å². The molecular weight excluding hydrogens is 226 g/mol. The van der Waals surface area contributed by atoms with Crippen LogP contribution in [0.3, 0.4) is 0 Å². The quantitative estimate of drug-likeness (QED) is 0.788. The molecule has 1 aliphatic rings. The molecule has 1 heterocycles. The number of benzene rings is 1. The average Bonchev–Trinajstić information content (AvgIpc) is 2.65. The lowest BCUT2D eigenvalue weighted by atomic mass is 10.1. The maximum atomic E-state index is 3.26. The number of hydrogen-bond acceptors (Lipinski definition) is 2. The standard InChI is InChI=1S/C15H17NS/c1-3-8-14(9-4-1)10-7-13-17-15-11-5-2-6-12-16-15/h1-6,8-9,11-12,16H,7,10,13H2. The fourth-order valence-electron chi connectivity index (χ4n) is 1.63. The zero-order valence-electron chi connectivity index (χ0n) is 9.80. The van der Waals surface area contributed by atoms with E-state index < -0.39 is 0 Å². The van der Waals surface area contributed by atoms with Crippen molar-refractivity contribution < 1.29 is 0 Å². The Morgan fingerprint density at radius 1 is 1.00 bits per heavy atom. The van der Waals surface area contributed by atoms with E-state index in [0.717, 1.165) is 12.2 Å². The van der Waals surface area contributed by atoms with Crippen LogP contribution in [-0.4, -0.2) is 5.75 Å². The Bertz CT molecular complexity index is 418. The van der Waals surface area contributed by atoms with Crippen molar-refractivity contribution in [3.63, 3.8) is 0 Å². The summed E-state index contributed by atoms with van der Waals surface area (Å²) >= 11 is 1.88. The Hall–Kier alpha value is -1.41. The van der Waals surface area contributed by atoms with E-state index in [0.29, 0.717) is 0 Å². The summed E-state index contributed by atoms with van der Waals surface area (Å²) in [5.41, 5.74) is 1.43. The number of hydrogen-bond donors (Lipinski definition) is 1. The van der Waals surface area contributed by atoms with Crippen molar-refractivity contribution in [1.29, 1.82) is 0 Å². The van der Waals surface area contributed by atoms with E-state index in [9.17, 15) is 0 Å². The van der Waals surface area contributed by atoms with Gasteiger partial charge in [0.15, 0.2) is 0 Å². The van der Waals surface area contributed by atoms with E-state index in [2.05, 4.69) is 47.8 Å². The van der Waals surface area contributed by atoms with Gasteiger partial charge in [-0.15, -0.1) is 11.8 Å². The van der Waals surface area contributed by atoms with Gasteiger partial charge in [0.05, 0.1) is 5.03 Å². The Kier molecular flexibility index (Phi) is 4.98. The zero-order valence-corrected chi connectivity index (χ0v) is 10.6. The molecule has 0 aliphatic carbocycles. The molecular formula is C15H17NS. The zero-order chi connectivity index (χ0) is 11.8. The first kappa shape index (κ1) is 12.1. The number of nitrogens with one attached hydrogen (secondary N) is 1. The molecule has 1 N–H and O–H groups in total. The summed E-state index contributed by atoms with van der Waals surface area (Å²) in [6, 6.07) is 10.7. The van der Waals surface area contributed by atoms with Crippen molar-refractivity contribution in [2.45, 2.75) is 12.8 Å². The third-order valence-corrected chi connectivity index (χ3v) is 3.56. The topological polar surface area (TPSA) is 12.0 Å². The maximum Gasteiger partial charge on any atom is 0.0720 e. The van der Waals surface area contributed by atoms with Crippen LogP contribution in [-0.2, 0) is 6.42 Å². The van der Waals surface area contributed by atoms with Crippen LogP contribution in [0, 0.1) is 0 Å². The predicted octanol–water partition coefficient (Wildman–Crippen LogP) is 3.87. The molecule has 1 aliphatic heterocycles. The van der Waals surface area contributed by atoms with E-state index >= 15 is 0 Å². The molecule has 17 heavy (non-hydrogen) atoms. The number of thioether (sulfide) groups is 1. The lowest BCUT2D eigenvalue weighted by molar-refractivity contribution is 0.933. The molecule has 0 aromatic heterocycles. The molecule has 0 saturated heterocycles. The highest BCUT2D eigenvalue weighted by atomic mass is 32.2. The van der Waals surface area contributed by atoms with E-state index in [-0.39, 0.29) is 0 Å². The number of aryl methyl sites for hydroxylation is 1. The second-order valence-corrected chi connectivity index (χ2v) is 4.99. The van der Waals surface area contributed by atoms with Gasteiger partial charge in [-0.05, 0) is 36.3 Å². The average molecular weight is 243 g/mol. The van der Waals surface area contributed by atoms with Gasteiger partial charge in [0, 0.05) is 6.20 Å². The molecule has 1 nitrogen and oxygen atoms in total. The monoisotopic (exact) mass is 243 g/mol. The van der Waals surface area contributed by atoms with Crippen LogP contribution < -0.4 is 5.32 Å². The van der Waals surface area contributed by atoms with Crippen molar-refractivity contribution in [3.05, 3.63) is 71.4 Å². The second-order valence-electron chi connectivity index (χ2n) is 3.86. The third-order valence-electron chi connectivity index (χ3n) is 2.50. The summed E-state index contributed by atoms with van der Waals surface area (Å²) in [6.07, 6.45) is 12.6. The maximum absolute atomic E-state index is 3.26. The molecule has 0 atom stereocenters. The largest absolute Gasteiger partial charge is 0.356 e. The van der Waals surface area contributed by atoms with Gasteiger partial charge < -0.3 is 5.32 Å². The Morgan fingerprint density at radius 2 is 1.88 bits per heavy atom. The summed E-state index contributed by atoms with van der Waals surface area (Å²) in [4.78, 5) is 0. The lowest BCUT2D eigenvalue weighted by Crippen LogP contribution is -2.01. The molecule has 0 saturated carbocycles. The van der Waals surface area contributed by atoms with Gasteiger partial charge in [0.2, 0.25) is 0 Å². The smallest absolute Gasteiger partial charge is 0.0720 e. The van der Waals surface area contributed by atoms with E-state index in [1.54, 1.807) is 0 Å². The van der Waals surface area contributed by atoms with Crippen LogP contribution >= 0.6 is 11.8 Å². The molecule has 1 aromatic carbocycles. The minimum Gasteiger partial charge on any atom is -0.356 e. The van der Waals surface area contributed by atoms with Gasteiger partial charge in [-0.25, -0.2) is 0 Å². The van der Waals surface area contributed by atoms with Gasteiger partial charge in [0.1, 0.15) is 0 Å². The summed E-state index contributed by atoms with van der Waals surface area (Å²) in [7, 11) is 0. The fraction of sp³-hybridized carbons (Fsp3) is 0.200. The summed E-state index contributed by atoms with van der Waals surface area (Å²) in [6.45, 7) is 0. The van der Waals surface area contributed by atoms with Crippen LogP contribution in [0.4, 0.5) is 0 Å². The first-order valence-corrected chi connectivity index (χ1v) is 6.90. The Morgan fingerprint density at radius 3 is 2.76 bits per heavy atom. The van der Waals surface area contributed by atoms with E-state index in [1.807, 2.05) is 30.1 Å². The number of allylic oxidation sites excluding steroid dienone is 4. The normalized spacial score (nSPS) is 14.0. The van der Waals surface area contributed by atoms with Crippen molar-refractivity contribution in [1.82, 2.24) is 5.32 Å². The van der Waals surface area contributed by atoms with Crippen LogP contribution in [0.1, 0.15) is 12.0 Å². The molecule has 0 bridgehead atoms. The second kappa shape index (κ2) is 7.02. The fourth-order valence-corrected chi connectivity index (χ4v) is 2.47. The highest BCUT2D eigenvalue weighted by molar-refractivity contribution is 8.03. The number of rotatable bonds is 5. The highest BCUT2D eigenvalue weighted by Crippen LogP contribution is 2.16. The molecule has 2 heteroatoms. The summed E-state index contributed by atoms with van der Waals surface area (Å²) < 4.78 is 0. The lowest BCUT2D eigenvalue weighted by Gasteiger charge is -2.05. The highest BCUT2D eigenvalue weighted by Gasteiger charge is 1.97. The first-order valence-electron chi connectivity index (χ1n) is 5.92. The van der Waals surface area contributed by atoms with Gasteiger partial charge in [-0.1, -0.05) is 42.5 Å². The van der Waals surface area contributed by atoms with Crippen molar-refractivity contribution in [2.75, 3.05) is 5.75 Å². The Balaban J connectivity index is 1.68. The van der Waals surface area contributed by atoms with Gasteiger partial charge in [-0.3, -0.25) is 0 Å². The molecule has 0 unspecified atom stereocenters. The first-order chi connectivity index (χ1) is 8.45. The van der Waals surface area contributed by atoms with E-state index in [1.165, 1.54) is 17.0 Å². The molecule has 0 radical (unpaired) electrons. The molecule has 1 aromatic rings. The minimum absolute atomic E-state index is 1.15. The third kappa shape index (κ3) is 4.53. The Labute approximate surface area is 107 Å². The van der Waals surface area contributed by atoms with Crippen molar-refractivity contribution >= 4 is 11.8 Å². The van der Waals surface area contributed by atoms with Gasteiger partial charge in [-0.2, -0.15) is 0 Å². The predicted molar refractivity (Wildman–Crippen MR) is 76.7 cm³/mol. The van der Waals surface area contributed by atoms with Crippen molar-refractivity contribution in [3.8, 4) is 0 Å². The van der Waals surface area contributed by atoms with Gasteiger partial charge in [0.25, 0.3) is 0 Å². The molecule has 0 fully saturated rings. The summed E-state index contributed by atoms with van der Waals surface area (Å²) in [5, 5.41) is 4.49. The molecule has 0 spiro atoms. The molecule has 88 valence electrons. The molecule has 0 amide bonds. The molecule has 2 rings (SSSR count). The van der Waals surface area contributed by atoms with Crippen LogP contribution in [0.15, 0.2) is 65.9 Å². The van der Waals surface area contributed by atoms with Crippen LogP contribution in [0.5, 0.6) is 0 Å². The summed E-state index contributed by atoms with van der Waals surface area (Å²) in [5.74, 6) is 1.15. The van der Waals surface area contributed by atoms with Crippen LogP contribution in [0.2, 0.25) is 0 Å². The van der Waals surface area contributed by atoms with Crippen LogP contribution in [0.25, 0.3) is 0 Å². The minimum atomic E-state index is 1.15. The van der Waals surface area contributed by atoms with Gasteiger partial charge >= 0.3 is 0 Å².